The SMILES string of the molecule is C#CCN(C)c1ncc(CN)c(C)n1. The van der Waals surface area contributed by atoms with Crippen LogP contribution in [0.5, 0.6) is 0 Å². The molecule has 2 N–H and O–H groups in total. The monoisotopic (exact) mass is 190 g/mol. The summed E-state index contributed by atoms with van der Waals surface area (Å²) < 4.78 is 0. The van der Waals surface area contributed by atoms with E-state index < -0.39 is 0 Å². The number of anilines is 1. The van der Waals surface area contributed by atoms with Crippen LogP contribution >= 0.6 is 0 Å². The smallest absolute Gasteiger partial charge is 0.226 e. The number of aromatic nitrogens is 2. The lowest BCUT2D eigenvalue weighted by molar-refractivity contribution is 0.904. The number of terminal acetylenes is 1. The van der Waals surface area contributed by atoms with E-state index in [1.54, 1.807) is 6.20 Å². The zero-order chi connectivity index (χ0) is 10.6. The van der Waals surface area contributed by atoms with Gasteiger partial charge in [-0.25, -0.2) is 9.97 Å². The van der Waals surface area contributed by atoms with Gasteiger partial charge in [-0.2, -0.15) is 0 Å². The molecule has 74 valence electrons. The van der Waals surface area contributed by atoms with Gasteiger partial charge in [0, 0.05) is 31.0 Å². The van der Waals surface area contributed by atoms with Gasteiger partial charge in [-0.1, -0.05) is 5.92 Å². The molecule has 0 aliphatic carbocycles. The predicted molar refractivity (Wildman–Crippen MR) is 56.8 cm³/mol. The highest BCUT2D eigenvalue weighted by atomic mass is 15.2. The first-order chi connectivity index (χ1) is 6.69. The van der Waals surface area contributed by atoms with Crippen LogP contribution in [0.3, 0.4) is 0 Å². The summed E-state index contributed by atoms with van der Waals surface area (Å²) in [7, 11) is 1.86. The summed E-state index contributed by atoms with van der Waals surface area (Å²) >= 11 is 0. The second-order valence-corrected chi connectivity index (χ2v) is 3.04. The van der Waals surface area contributed by atoms with Crippen LogP contribution in [0.25, 0.3) is 0 Å². The molecule has 0 spiro atoms. The van der Waals surface area contributed by atoms with Gasteiger partial charge in [0.05, 0.1) is 6.54 Å². The maximum absolute atomic E-state index is 5.51. The third-order valence-electron chi connectivity index (χ3n) is 1.96. The lowest BCUT2D eigenvalue weighted by Gasteiger charge is -2.14. The fourth-order valence-electron chi connectivity index (χ4n) is 1.07. The molecule has 0 saturated carbocycles. The Morgan fingerprint density at radius 3 is 2.86 bits per heavy atom. The zero-order valence-corrected chi connectivity index (χ0v) is 8.49. The largest absolute Gasteiger partial charge is 0.333 e. The number of hydrogen-bond acceptors (Lipinski definition) is 4. The molecule has 1 aromatic rings. The molecular formula is C10H14N4. The molecule has 1 heterocycles. The molecule has 1 rings (SSSR count). The van der Waals surface area contributed by atoms with Gasteiger partial charge < -0.3 is 10.6 Å². The van der Waals surface area contributed by atoms with Gasteiger partial charge in [0.1, 0.15) is 0 Å². The van der Waals surface area contributed by atoms with Crippen molar-refractivity contribution < 1.29 is 0 Å². The first-order valence-electron chi connectivity index (χ1n) is 4.36. The molecule has 4 nitrogen and oxygen atoms in total. The third-order valence-corrected chi connectivity index (χ3v) is 1.96. The van der Waals surface area contributed by atoms with Gasteiger partial charge in [-0.05, 0) is 6.92 Å². The molecular weight excluding hydrogens is 176 g/mol. The normalized spacial score (nSPS) is 9.57. The number of rotatable bonds is 3. The quantitative estimate of drug-likeness (QED) is 0.697. The minimum atomic E-state index is 0.463. The fraction of sp³-hybridized carbons (Fsp3) is 0.400. The van der Waals surface area contributed by atoms with Crippen LogP contribution in [0.15, 0.2) is 6.20 Å². The topological polar surface area (TPSA) is 55.0 Å². The van der Waals surface area contributed by atoms with Crippen molar-refractivity contribution >= 4 is 5.95 Å². The predicted octanol–water partition coefficient (Wildman–Crippen LogP) is 0.313. The van der Waals surface area contributed by atoms with Gasteiger partial charge >= 0.3 is 0 Å². The van der Waals surface area contributed by atoms with Gasteiger partial charge in [-0.15, -0.1) is 6.42 Å². The van der Waals surface area contributed by atoms with Crippen molar-refractivity contribution in [3.63, 3.8) is 0 Å². The van der Waals surface area contributed by atoms with Crippen molar-refractivity contribution in [2.24, 2.45) is 5.73 Å². The molecule has 0 radical (unpaired) electrons. The van der Waals surface area contributed by atoms with E-state index in [4.69, 9.17) is 12.2 Å². The minimum Gasteiger partial charge on any atom is -0.333 e. The summed E-state index contributed by atoms with van der Waals surface area (Å²) in [5.74, 6) is 3.17. The molecule has 0 saturated heterocycles. The zero-order valence-electron chi connectivity index (χ0n) is 8.49. The highest BCUT2D eigenvalue weighted by Gasteiger charge is 2.05. The van der Waals surface area contributed by atoms with E-state index in [0.29, 0.717) is 19.0 Å². The van der Waals surface area contributed by atoms with Gasteiger partial charge in [0.2, 0.25) is 5.95 Å². The molecule has 0 aromatic carbocycles. The maximum Gasteiger partial charge on any atom is 0.226 e. The summed E-state index contributed by atoms with van der Waals surface area (Å²) in [6, 6.07) is 0. The average Bonchev–Trinajstić information content (AvgIpc) is 2.18. The Bertz CT molecular complexity index is 354. The Balaban J connectivity index is 2.92. The Morgan fingerprint density at radius 2 is 2.36 bits per heavy atom. The van der Waals surface area contributed by atoms with E-state index in [1.807, 2.05) is 18.9 Å². The molecule has 14 heavy (non-hydrogen) atoms. The van der Waals surface area contributed by atoms with E-state index in [2.05, 4.69) is 15.9 Å². The Morgan fingerprint density at radius 1 is 1.64 bits per heavy atom. The van der Waals surface area contributed by atoms with E-state index in [1.165, 1.54) is 0 Å². The maximum atomic E-state index is 5.51. The highest BCUT2D eigenvalue weighted by molar-refractivity contribution is 5.33. The molecule has 0 amide bonds. The summed E-state index contributed by atoms with van der Waals surface area (Å²) in [6.45, 7) is 2.88. The molecule has 0 aliphatic rings. The number of nitrogens with two attached hydrogens (primary N) is 1. The molecule has 0 unspecified atom stereocenters. The van der Waals surface area contributed by atoms with E-state index in [0.717, 1.165) is 11.3 Å². The molecule has 0 atom stereocenters. The summed E-state index contributed by atoms with van der Waals surface area (Å²) in [4.78, 5) is 10.3. The van der Waals surface area contributed by atoms with Crippen molar-refractivity contribution in [3.05, 3.63) is 17.5 Å². The average molecular weight is 190 g/mol. The Kier molecular flexibility index (Phi) is 3.43. The van der Waals surface area contributed by atoms with E-state index in [-0.39, 0.29) is 0 Å². The Labute approximate surface area is 84.2 Å². The summed E-state index contributed by atoms with van der Waals surface area (Å²) in [5, 5.41) is 0. The Hall–Kier alpha value is -1.60. The molecule has 1 aromatic heterocycles. The van der Waals surface area contributed by atoms with Gasteiger partial charge in [0.25, 0.3) is 0 Å². The van der Waals surface area contributed by atoms with Crippen LogP contribution in [0, 0.1) is 19.3 Å². The molecule has 0 bridgehead atoms. The van der Waals surface area contributed by atoms with E-state index >= 15 is 0 Å². The number of aryl methyl sites for hydroxylation is 1. The second-order valence-electron chi connectivity index (χ2n) is 3.04. The van der Waals surface area contributed by atoms with Crippen LogP contribution in [0.2, 0.25) is 0 Å². The first-order valence-corrected chi connectivity index (χ1v) is 4.36. The van der Waals surface area contributed by atoms with Crippen LogP contribution in [0.1, 0.15) is 11.3 Å². The van der Waals surface area contributed by atoms with Crippen molar-refractivity contribution in [1.82, 2.24) is 9.97 Å². The molecule has 0 fully saturated rings. The highest BCUT2D eigenvalue weighted by Crippen LogP contribution is 2.08. The van der Waals surface area contributed by atoms with Crippen LogP contribution < -0.4 is 10.6 Å². The van der Waals surface area contributed by atoms with Gasteiger partial charge in [-0.3, -0.25) is 0 Å². The van der Waals surface area contributed by atoms with Crippen molar-refractivity contribution in [2.45, 2.75) is 13.5 Å². The number of nitrogens with zero attached hydrogens (tertiary/aromatic N) is 3. The number of hydrogen-bond donors (Lipinski definition) is 1. The third kappa shape index (κ3) is 2.21. The molecule has 0 aliphatic heterocycles. The van der Waals surface area contributed by atoms with E-state index in [9.17, 15) is 0 Å². The van der Waals surface area contributed by atoms with Crippen LogP contribution in [-0.4, -0.2) is 23.6 Å². The van der Waals surface area contributed by atoms with Crippen LogP contribution in [0.4, 0.5) is 5.95 Å². The fourth-order valence-corrected chi connectivity index (χ4v) is 1.07. The molecule has 4 heteroatoms. The van der Waals surface area contributed by atoms with Crippen molar-refractivity contribution in [2.75, 3.05) is 18.5 Å². The van der Waals surface area contributed by atoms with Crippen molar-refractivity contribution in [1.29, 1.82) is 0 Å². The van der Waals surface area contributed by atoms with Gasteiger partial charge in [0.15, 0.2) is 0 Å². The summed E-state index contributed by atoms with van der Waals surface area (Å²) in [6.07, 6.45) is 6.93. The minimum absolute atomic E-state index is 0.463. The lowest BCUT2D eigenvalue weighted by atomic mass is 10.2. The first kappa shape index (κ1) is 10.5. The van der Waals surface area contributed by atoms with Crippen LogP contribution in [-0.2, 0) is 6.54 Å². The summed E-state index contributed by atoms with van der Waals surface area (Å²) in [5.41, 5.74) is 7.37. The van der Waals surface area contributed by atoms with Crippen molar-refractivity contribution in [3.8, 4) is 12.3 Å². The second kappa shape index (κ2) is 4.58. The standard InChI is InChI=1S/C10H14N4/c1-4-5-14(3)10-12-7-9(6-11)8(2)13-10/h1,7H,5-6,11H2,2-3H3. The lowest BCUT2D eigenvalue weighted by Crippen LogP contribution is -2.20.